The van der Waals surface area contributed by atoms with Gasteiger partial charge in [0.15, 0.2) is 11.5 Å². The van der Waals surface area contributed by atoms with Gasteiger partial charge in [0.05, 0.1) is 36.2 Å². The maximum Gasteiger partial charge on any atom is 0.187 e. The lowest BCUT2D eigenvalue weighted by atomic mass is 10.1. The summed E-state index contributed by atoms with van der Waals surface area (Å²) >= 11 is 0. The fourth-order valence-corrected chi connectivity index (χ4v) is 3.15. The largest absolute Gasteiger partial charge is 0.490 e. The summed E-state index contributed by atoms with van der Waals surface area (Å²) in [6.07, 6.45) is 3.32. The minimum Gasteiger partial charge on any atom is -0.490 e. The van der Waals surface area contributed by atoms with Gasteiger partial charge < -0.3 is 14.8 Å². The smallest absolute Gasteiger partial charge is 0.187 e. The SMILES string of the molecule is CCOc1ccc2c(Nc3ccc4cn[nH]c4c3)c(C#N)cnc2c1OCC. The Morgan fingerprint density at radius 3 is 2.75 bits per heavy atom. The Hall–Kier alpha value is -3.79. The molecular formula is C21H19N5O2. The first kappa shape index (κ1) is 17.6. The summed E-state index contributed by atoms with van der Waals surface area (Å²) < 4.78 is 11.5. The lowest BCUT2D eigenvalue weighted by Gasteiger charge is -2.16. The topological polar surface area (TPSA) is 95.8 Å². The first-order valence-electron chi connectivity index (χ1n) is 9.06. The van der Waals surface area contributed by atoms with Crippen molar-refractivity contribution in [3.8, 4) is 17.6 Å². The molecule has 0 atom stereocenters. The third-order valence-electron chi connectivity index (χ3n) is 4.38. The number of nitrogens with one attached hydrogen (secondary N) is 2. The Morgan fingerprint density at radius 2 is 1.96 bits per heavy atom. The van der Waals surface area contributed by atoms with E-state index in [4.69, 9.17) is 9.47 Å². The summed E-state index contributed by atoms with van der Waals surface area (Å²) in [6.45, 7) is 4.85. The number of H-pyrrole nitrogens is 1. The Bertz CT molecular complexity index is 1190. The minimum absolute atomic E-state index is 0.448. The normalized spacial score (nSPS) is 10.8. The van der Waals surface area contributed by atoms with Gasteiger partial charge in [-0.3, -0.25) is 10.1 Å². The lowest BCUT2D eigenvalue weighted by molar-refractivity contribution is 0.290. The number of fused-ring (bicyclic) bond motifs is 2. The first-order chi connectivity index (χ1) is 13.7. The van der Waals surface area contributed by atoms with E-state index in [0.29, 0.717) is 41.5 Å². The number of nitrogens with zero attached hydrogens (tertiary/aromatic N) is 3. The summed E-state index contributed by atoms with van der Waals surface area (Å²) in [5, 5.41) is 21.8. The molecule has 140 valence electrons. The number of hydrogen-bond acceptors (Lipinski definition) is 6. The summed E-state index contributed by atoms with van der Waals surface area (Å²) in [4.78, 5) is 4.47. The molecule has 7 nitrogen and oxygen atoms in total. The standard InChI is InChI=1S/C21H19N5O2/c1-3-27-18-8-7-16-19(14(10-22)11-23-20(16)21(18)28-4-2)25-15-6-5-13-12-24-26-17(13)9-15/h5-9,11-12H,3-4H2,1-2H3,(H,23,25)(H,24,26). The monoisotopic (exact) mass is 373 g/mol. The molecule has 0 bridgehead atoms. The number of aromatic amines is 1. The molecule has 0 radical (unpaired) electrons. The Labute approximate surface area is 161 Å². The summed E-state index contributed by atoms with van der Waals surface area (Å²) in [6, 6.07) is 11.8. The number of nitriles is 1. The molecule has 2 aromatic heterocycles. The van der Waals surface area contributed by atoms with Crippen LogP contribution in [0.1, 0.15) is 19.4 Å². The van der Waals surface area contributed by atoms with Crippen LogP contribution in [0.3, 0.4) is 0 Å². The molecule has 0 fully saturated rings. The van der Waals surface area contributed by atoms with E-state index in [-0.39, 0.29) is 0 Å². The molecule has 2 heterocycles. The molecule has 0 aliphatic rings. The summed E-state index contributed by atoms with van der Waals surface area (Å²) in [7, 11) is 0. The zero-order chi connectivity index (χ0) is 19.5. The van der Waals surface area contributed by atoms with E-state index in [1.165, 1.54) is 0 Å². The first-order valence-corrected chi connectivity index (χ1v) is 9.06. The molecule has 4 rings (SSSR count). The van der Waals surface area contributed by atoms with Gasteiger partial charge in [0, 0.05) is 22.7 Å². The number of ether oxygens (including phenoxy) is 2. The maximum absolute atomic E-state index is 9.60. The molecular weight excluding hydrogens is 354 g/mol. The molecule has 28 heavy (non-hydrogen) atoms. The van der Waals surface area contributed by atoms with E-state index in [1.54, 1.807) is 12.4 Å². The van der Waals surface area contributed by atoms with Crippen molar-refractivity contribution in [2.45, 2.75) is 13.8 Å². The average molecular weight is 373 g/mol. The molecule has 4 aromatic rings. The maximum atomic E-state index is 9.60. The van der Waals surface area contributed by atoms with Gasteiger partial charge in [-0.05, 0) is 44.2 Å². The van der Waals surface area contributed by atoms with E-state index in [0.717, 1.165) is 22.0 Å². The van der Waals surface area contributed by atoms with Crippen LogP contribution >= 0.6 is 0 Å². The van der Waals surface area contributed by atoms with Crippen LogP contribution in [-0.2, 0) is 0 Å². The van der Waals surface area contributed by atoms with Crippen molar-refractivity contribution in [3.63, 3.8) is 0 Å². The van der Waals surface area contributed by atoms with Crippen molar-refractivity contribution >= 4 is 33.2 Å². The van der Waals surface area contributed by atoms with Crippen LogP contribution < -0.4 is 14.8 Å². The Kier molecular flexibility index (Phi) is 4.68. The van der Waals surface area contributed by atoms with Gasteiger partial charge in [-0.2, -0.15) is 10.4 Å². The van der Waals surface area contributed by atoms with E-state index in [1.807, 2.05) is 44.2 Å². The third-order valence-corrected chi connectivity index (χ3v) is 4.38. The zero-order valence-electron chi connectivity index (χ0n) is 15.6. The van der Waals surface area contributed by atoms with Crippen LogP contribution in [0.4, 0.5) is 11.4 Å². The number of benzene rings is 2. The lowest BCUT2D eigenvalue weighted by Crippen LogP contribution is -2.02. The van der Waals surface area contributed by atoms with Crippen LogP contribution in [-0.4, -0.2) is 28.4 Å². The molecule has 2 N–H and O–H groups in total. The minimum atomic E-state index is 0.448. The second kappa shape index (κ2) is 7.45. The average Bonchev–Trinajstić information content (AvgIpc) is 3.18. The predicted octanol–water partition coefficient (Wildman–Crippen LogP) is 4.52. The van der Waals surface area contributed by atoms with Gasteiger partial charge in [0.1, 0.15) is 11.6 Å². The van der Waals surface area contributed by atoms with Gasteiger partial charge in [-0.15, -0.1) is 0 Å². The van der Waals surface area contributed by atoms with Crippen molar-refractivity contribution in [1.29, 1.82) is 5.26 Å². The second-order valence-electron chi connectivity index (χ2n) is 6.11. The molecule has 0 spiro atoms. The summed E-state index contributed by atoms with van der Waals surface area (Å²) in [5.74, 6) is 1.22. The van der Waals surface area contributed by atoms with Gasteiger partial charge >= 0.3 is 0 Å². The number of pyridine rings is 1. The number of anilines is 2. The van der Waals surface area contributed by atoms with Crippen LogP contribution in [0.15, 0.2) is 42.7 Å². The van der Waals surface area contributed by atoms with Crippen LogP contribution in [0, 0.1) is 11.3 Å². The van der Waals surface area contributed by atoms with Crippen LogP contribution in [0.2, 0.25) is 0 Å². The Balaban J connectivity index is 1.87. The highest BCUT2D eigenvalue weighted by Gasteiger charge is 2.17. The Morgan fingerprint density at radius 1 is 1.11 bits per heavy atom. The molecule has 7 heteroatoms. The summed E-state index contributed by atoms with van der Waals surface area (Å²) in [5.41, 5.74) is 3.53. The fourth-order valence-electron chi connectivity index (χ4n) is 3.15. The molecule has 0 saturated heterocycles. The van der Waals surface area contributed by atoms with Gasteiger partial charge in [0.25, 0.3) is 0 Å². The highest BCUT2D eigenvalue weighted by Crippen LogP contribution is 2.39. The van der Waals surface area contributed by atoms with Gasteiger partial charge in [-0.1, -0.05) is 0 Å². The van der Waals surface area contributed by atoms with Crippen LogP contribution in [0.5, 0.6) is 11.5 Å². The number of hydrogen-bond donors (Lipinski definition) is 2. The highest BCUT2D eigenvalue weighted by atomic mass is 16.5. The fraction of sp³-hybridized carbons (Fsp3) is 0.190. The number of rotatable bonds is 6. The molecule has 0 saturated carbocycles. The van der Waals surface area contributed by atoms with Crippen molar-refractivity contribution in [3.05, 3.63) is 48.3 Å². The molecule has 2 aromatic carbocycles. The quantitative estimate of drug-likeness (QED) is 0.516. The van der Waals surface area contributed by atoms with E-state index < -0.39 is 0 Å². The highest BCUT2D eigenvalue weighted by molar-refractivity contribution is 6.00. The molecule has 0 amide bonds. The van der Waals surface area contributed by atoms with E-state index >= 15 is 0 Å². The predicted molar refractivity (Wildman–Crippen MR) is 108 cm³/mol. The van der Waals surface area contributed by atoms with Crippen molar-refractivity contribution in [2.24, 2.45) is 0 Å². The van der Waals surface area contributed by atoms with Crippen molar-refractivity contribution < 1.29 is 9.47 Å². The second-order valence-corrected chi connectivity index (χ2v) is 6.11. The number of aromatic nitrogens is 3. The van der Waals surface area contributed by atoms with Crippen molar-refractivity contribution in [2.75, 3.05) is 18.5 Å². The van der Waals surface area contributed by atoms with Crippen molar-refractivity contribution in [1.82, 2.24) is 15.2 Å². The zero-order valence-corrected chi connectivity index (χ0v) is 15.6. The van der Waals surface area contributed by atoms with Gasteiger partial charge in [-0.25, -0.2) is 0 Å². The van der Waals surface area contributed by atoms with E-state index in [2.05, 4.69) is 26.6 Å². The molecule has 0 aliphatic heterocycles. The van der Waals surface area contributed by atoms with Crippen LogP contribution in [0.25, 0.3) is 21.8 Å². The van der Waals surface area contributed by atoms with Gasteiger partial charge in [0.2, 0.25) is 0 Å². The third kappa shape index (κ3) is 3.05. The molecule has 0 unspecified atom stereocenters. The molecule has 0 aliphatic carbocycles. The van der Waals surface area contributed by atoms with E-state index in [9.17, 15) is 5.26 Å².